The Morgan fingerprint density at radius 1 is 1.12 bits per heavy atom. The number of aromatic nitrogens is 2. The molecule has 33 heavy (non-hydrogen) atoms. The Kier molecular flexibility index (Phi) is 6.74. The summed E-state index contributed by atoms with van der Waals surface area (Å²) in [6.45, 7) is 7.91. The van der Waals surface area contributed by atoms with Crippen LogP contribution in [0.15, 0.2) is 6.07 Å². The Morgan fingerprint density at radius 2 is 1.88 bits per heavy atom. The highest BCUT2D eigenvalue weighted by Gasteiger charge is 2.49. The third-order valence-electron chi connectivity index (χ3n) is 8.52. The molecular weight excluding hydrogens is 418 g/mol. The van der Waals surface area contributed by atoms with E-state index in [2.05, 4.69) is 14.9 Å². The second kappa shape index (κ2) is 9.74. The number of nitrogens with zero attached hydrogens (tertiary/aromatic N) is 5. The average Bonchev–Trinajstić information content (AvgIpc) is 3.18. The molecular formula is C25H39N5O3. The minimum absolute atomic E-state index is 0.0735. The van der Waals surface area contributed by atoms with Gasteiger partial charge in [0, 0.05) is 50.9 Å². The summed E-state index contributed by atoms with van der Waals surface area (Å²) in [6.07, 6.45) is 7.13. The second-order valence-corrected chi connectivity index (χ2v) is 10.4. The van der Waals surface area contributed by atoms with Crippen molar-refractivity contribution in [1.29, 1.82) is 0 Å². The van der Waals surface area contributed by atoms with Crippen LogP contribution in [0, 0.1) is 18.8 Å². The topological polar surface area (TPSA) is 70.9 Å². The van der Waals surface area contributed by atoms with E-state index in [4.69, 9.17) is 4.74 Å². The summed E-state index contributed by atoms with van der Waals surface area (Å²) >= 11 is 0. The lowest BCUT2D eigenvalue weighted by Crippen LogP contribution is -2.65. The predicted octanol–water partition coefficient (Wildman–Crippen LogP) is 2.07. The minimum atomic E-state index is 0.0735. The van der Waals surface area contributed by atoms with Gasteiger partial charge in [0.2, 0.25) is 5.91 Å². The average molecular weight is 458 g/mol. The Balaban J connectivity index is 1.33. The van der Waals surface area contributed by atoms with E-state index >= 15 is 0 Å². The lowest BCUT2D eigenvalue weighted by molar-refractivity contribution is -0.135. The molecule has 1 aromatic rings. The van der Waals surface area contributed by atoms with Crippen LogP contribution in [0.4, 0.5) is 0 Å². The zero-order valence-electron chi connectivity index (χ0n) is 20.2. The van der Waals surface area contributed by atoms with Crippen molar-refractivity contribution in [3.63, 3.8) is 0 Å². The quantitative estimate of drug-likeness (QED) is 0.677. The summed E-state index contributed by atoms with van der Waals surface area (Å²) in [5.74, 6) is 1.37. The monoisotopic (exact) mass is 457 g/mol. The molecule has 4 fully saturated rings. The molecule has 4 aliphatic rings. The number of rotatable bonds is 5. The van der Waals surface area contributed by atoms with Crippen LogP contribution in [0.1, 0.15) is 61.1 Å². The molecule has 0 aromatic carbocycles. The van der Waals surface area contributed by atoms with Crippen LogP contribution in [-0.4, -0.2) is 94.3 Å². The number of carbonyl (C=O) groups excluding carboxylic acids is 2. The first-order valence-electron chi connectivity index (χ1n) is 12.9. The number of ether oxygens (including phenoxy) is 1. The van der Waals surface area contributed by atoms with Crippen LogP contribution in [0.5, 0.6) is 0 Å². The molecule has 4 saturated heterocycles. The first-order chi connectivity index (χ1) is 16.0. The van der Waals surface area contributed by atoms with Crippen molar-refractivity contribution in [1.82, 2.24) is 24.5 Å². The van der Waals surface area contributed by atoms with Crippen molar-refractivity contribution in [2.24, 2.45) is 18.9 Å². The smallest absolute Gasteiger partial charge is 0.274 e. The van der Waals surface area contributed by atoms with Crippen LogP contribution in [-0.2, 0) is 16.6 Å². The molecule has 5 rings (SSSR count). The molecule has 5 heterocycles. The Labute approximate surface area is 197 Å². The van der Waals surface area contributed by atoms with Crippen molar-refractivity contribution in [3.8, 4) is 0 Å². The molecule has 0 spiro atoms. The highest BCUT2D eigenvalue weighted by Crippen LogP contribution is 2.43. The number of likely N-dealkylation sites (tertiary alicyclic amines) is 1. The number of carbonyl (C=O) groups is 2. The number of hydrogen-bond acceptors (Lipinski definition) is 5. The Bertz CT molecular complexity index is 843. The molecule has 0 radical (unpaired) electrons. The van der Waals surface area contributed by atoms with Gasteiger partial charge >= 0.3 is 0 Å². The van der Waals surface area contributed by atoms with E-state index in [9.17, 15) is 9.59 Å². The van der Waals surface area contributed by atoms with E-state index in [-0.39, 0.29) is 17.9 Å². The SMILES string of the molecule is Cc1cc(C(=O)N2C[C@@H]3CCCN4CCC[C@@H]([C@H]34)[C@H]2CCCC(=O)N2CCOCC2)nn1C. The lowest BCUT2D eigenvalue weighted by atomic mass is 9.69. The van der Waals surface area contributed by atoms with Crippen LogP contribution >= 0.6 is 0 Å². The summed E-state index contributed by atoms with van der Waals surface area (Å²) in [4.78, 5) is 33.2. The molecule has 8 heteroatoms. The van der Waals surface area contributed by atoms with Gasteiger partial charge in [0.25, 0.3) is 5.91 Å². The van der Waals surface area contributed by atoms with Crippen molar-refractivity contribution < 1.29 is 14.3 Å². The number of aryl methyl sites for hydroxylation is 2. The van der Waals surface area contributed by atoms with Crippen LogP contribution in [0.3, 0.4) is 0 Å². The summed E-state index contributed by atoms with van der Waals surface area (Å²) in [5, 5.41) is 4.52. The van der Waals surface area contributed by atoms with Crippen LogP contribution < -0.4 is 0 Å². The van der Waals surface area contributed by atoms with Gasteiger partial charge in [-0.15, -0.1) is 0 Å². The lowest BCUT2D eigenvalue weighted by Gasteiger charge is -2.57. The molecule has 0 N–H and O–H groups in total. The maximum Gasteiger partial charge on any atom is 0.274 e. The van der Waals surface area contributed by atoms with Crippen molar-refractivity contribution in [3.05, 3.63) is 17.5 Å². The fraction of sp³-hybridized carbons (Fsp3) is 0.800. The number of amides is 2. The number of piperidine rings is 3. The predicted molar refractivity (Wildman–Crippen MR) is 125 cm³/mol. The maximum absolute atomic E-state index is 13.7. The zero-order valence-corrected chi connectivity index (χ0v) is 20.2. The molecule has 1 aromatic heterocycles. The van der Waals surface area contributed by atoms with Gasteiger partial charge in [-0.3, -0.25) is 19.2 Å². The van der Waals surface area contributed by atoms with Crippen molar-refractivity contribution in [2.75, 3.05) is 45.9 Å². The standard InChI is InChI=1S/C25H39N5O3/c1-18-16-21(26-27(18)2)25(32)30-17-19-6-4-10-29-11-5-7-20(24(19)29)22(30)8-3-9-23(31)28-12-14-33-15-13-28/h16,19-20,22,24H,3-15,17H2,1-2H3/t19-,20+,22+,24-/m0/s1. The van der Waals surface area contributed by atoms with Crippen molar-refractivity contribution in [2.45, 2.75) is 64.0 Å². The van der Waals surface area contributed by atoms with Gasteiger partial charge in [0.15, 0.2) is 5.69 Å². The van der Waals surface area contributed by atoms with E-state index in [0.29, 0.717) is 56.3 Å². The molecule has 2 amide bonds. The zero-order chi connectivity index (χ0) is 22.9. The third kappa shape index (κ3) is 4.56. The summed E-state index contributed by atoms with van der Waals surface area (Å²) in [7, 11) is 1.90. The molecule has 4 atom stereocenters. The molecule has 0 aliphatic carbocycles. The minimum Gasteiger partial charge on any atom is -0.378 e. The molecule has 0 saturated carbocycles. The van der Waals surface area contributed by atoms with E-state index < -0.39 is 0 Å². The van der Waals surface area contributed by atoms with Gasteiger partial charge < -0.3 is 14.5 Å². The highest BCUT2D eigenvalue weighted by molar-refractivity contribution is 5.92. The first kappa shape index (κ1) is 22.8. The molecule has 4 aliphatic heterocycles. The highest BCUT2D eigenvalue weighted by atomic mass is 16.5. The van der Waals surface area contributed by atoms with Gasteiger partial charge in [-0.1, -0.05) is 0 Å². The van der Waals surface area contributed by atoms with Gasteiger partial charge in [-0.05, 0) is 76.4 Å². The maximum atomic E-state index is 13.7. The van der Waals surface area contributed by atoms with E-state index in [1.165, 1.54) is 38.8 Å². The normalized spacial score (nSPS) is 30.2. The van der Waals surface area contributed by atoms with Gasteiger partial charge in [0.1, 0.15) is 0 Å². The molecule has 0 bridgehead atoms. The van der Waals surface area contributed by atoms with E-state index in [0.717, 1.165) is 25.1 Å². The largest absolute Gasteiger partial charge is 0.378 e. The fourth-order valence-electron chi connectivity index (χ4n) is 6.84. The van der Waals surface area contributed by atoms with E-state index in [1.807, 2.05) is 24.9 Å². The summed E-state index contributed by atoms with van der Waals surface area (Å²) < 4.78 is 7.18. The molecule has 8 nitrogen and oxygen atoms in total. The van der Waals surface area contributed by atoms with E-state index in [1.54, 1.807) is 4.68 Å². The van der Waals surface area contributed by atoms with Crippen LogP contribution in [0.2, 0.25) is 0 Å². The van der Waals surface area contributed by atoms with Gasteiger partial charge in [-0.25, -0.2) is 0 Å². The fourth-order valence-corrected chi connectivity index (χ4v) is 6.84. The summed E-state index contributed by atoms with van der Waals surface area (Å²) in [5.41, 5.74) is 1.56. The van der Waals surface area contributed by atoms with Gasteiger partial charge in [-0.2, -0.15) is 5.10 Å². The Morgan fingerprint density at radius 3 is 2.61 bits per heavy atom. The summed E-state index contributed by atoms with van der Waals surface area (Å²) in [6, 6.07) is 2.71. The number of morpholine rings is 1. The van der Waals surface area contributed by atoms with Crippen LogP contribution in [0.25, 0.3) is 0 Å². The van der Waals surface area contributed by atoms with Gasteiger partial charge in [0.05, 0.1) is 13.2 Å². The Hall–Kier alpha value is -1.93. The molecule has 182 valence electrons. The van der Waals surface area contributed by atoms with Crippen molar-refractivity contribution >= 4 is 11.8 Å². The second-order valence-electron chi connectivity index (χ2n) is 10.4. The third-order valence-corrected chi connectivity index (χ3v) is 8.52. The first-order valence-corrected chi connectivity index (χ1v) is 12.9. The molecule has 0 unspecified atom stereocenters. The number of hydrogen-bond donors (Lipinski definition) is 0.